The number of hydrogen-bond acceptors (Lipinski definition) is 6. The number of fused-ring (bicyclic) bond motifs is 1. The van der Waals surface area contributed by atoms with E-state index in [9.17, 15) is 9.59 Å². The molecule has 3 aromatic rings. The van der Waals surface area contributed by atoms with Gasteiger partial charge in [0.25, 0.3) is 5.91 Å². The van der Waals surface area contributed by atoms with Gasteiger partial charge in [0.2, 0.25) is 17.4 Å². The van der Waals surface area contributed by atoms with Gasteiger partial charge in [0.05, 0.1) is 21.3 Å². The highest BCUT2D eigenvalue weighted by molar-refractivity contribution is 6.13. The Kier molecular flexibility index (Phi) is 5.73. The molecule has 0 aliphatic heterocycles. The van der Waals surface area contributed by atoms with Crippen LogP contribution in [-0.4, -0.2) is 33.1 Å². The van der Waals surface area contributed by atoms with Gasteiger partial charge in [0.1, 0.15) is 11.3 Å². The Morgan fingerprint density at radius 1 is 1.03 bits per heavy atom. The van der Waals surface area contributed by atoms with Gasteiger partial charge in [-0.3, -0.25) is 9.59 Å². The van der Waals surface area contributed by atoms with E-state index >= 15 is 0 Å². The lowest BCUT2D eigenvalue weighted by Gasteiger charge is -2.12. The van der Waals surface area contributed by atoms with Crippen molar-refractivity contribution in [1.29, 1.82) is 0 Å². The van der Waals surface area contributed by atoms with Gasteiger partial charge in [-0.15, -0.1) is 0 Å². The number of benzene rings is 2. The Balaban J connectivity index is 1.89. The van der Waals surface area contributed by atoms with Crippen molar-refractivity contribution in [1.82, 2.24) is 0 Å². The molecule has 1 aromatic heterocycles. The molecule has 0 radical (unpaired) electrons. The summed E-state index contributed by atoms with van der Waals surface area (Å²) in [6, 6.07) is 10.3. The van der Waals surface area contributed by atoms with Gasteiger partial charge in [-0.1, -0.05) is 12.1 Å². The molecule has 2 amide bonds. The third kappa shape index (κ3) is 4.01. The van der Waals surface area contributed by atoms with Crippen LogP contribution >= 0.6 is 0 Å². The van der Waals surface area contributed by atoms with Crippen LogP contribution in [0.25, 0.3) is 17.0 Å². The summed E-state index contributed by atoms with van der Waals surface area (Å²) in [6.07, 6.45) is 2.89. The molecule has 0 unspecified atom stereocenters. The number of ether oxygens (including phenoxy) is 3. The molecule has 29 heavy (non-hydrogen) atoms. The summed E-state index contributed by atoms with van der Waals surface area (Å²) in [7, 11) is 4.52. The number of methoxy groups -OCH3 is 3. The zero-order valence-electron chi connectivity index (χ0n) is 16.1. The summed E-state index contributed by atoms with van der Waals surface area (Å²) >= 11 is 0. The molecule has 8 heteroatoms. The number of nitrogens with two attached hydrogens (primary N) is 1. The molecule has 0 aliphatic rings. The normalized spacial score (nSPS) is 10.9. The first-order valence-corrected chi connectivity index (χ1v) is 8.59. The fraction of sp³-hybridized carbons (Fsp3) is 0.143. The van der Waals surface area contributed by atoms with Crippen molar-refractivity contribution < 1.29 is 28.2 Å². The van der Waals surface area contributed by atoms with Gasteiger partial charge in [-0.25, -0.2) is 0 Å². The SMILES string of the molecule is COc1cc(/C=C/C(=O)Nc2c(C(N)=O)oc3ccccc23)cc(OC)c1OC. The monoisotopic (exact) mass is 396 g/mol. The minimum absolute atomic E-state index is 0.110. The van der Waals surface area contributed by atoms with Gasteiger partial charge >= 0.3 is 0 Å². The maximum absolute atomic E-state index is 12.5. The molecule has 3 N–H and O–H groups in total. The standard InChI is InChI=1S/C21H20N2O6/c1-26-15-10-12(11-16(27-2)19(15)28-3)8-9-17(24)23-18-13-6-4-5-7-14(13)29-20(18)21(22)25/h4-11H,1-3H3,(H2,22,25)(H,23,24)/b9-8+. The van der Waals surface area contributed by atoms with Crippen molar-refractivity contribution in [2.75, 3.05) is 26.6 Å². The Bertz CT molecular complexity index is 1070. The Labute approximate surface area is 166 Å². The minimum atomic E-state index is -0.773. The number of amides is 2. The average molecular weight is 396 g/mol. The summed E-state index contributed by atoms with van der Waals surface area (Å²) in [5, 5.41) is 3.24. The van der Waals surface area contributed by atoms with E-state index in [-0.39, 0.29) is 11.4 Å². The molecule has 150 valence electrons. The lowest BCUT2D eigenvalue weighted by atomic mass is 10.1. The van der Waals surface area contributed by atoms with Crippen LogP contribution in [0.2, 0.25) is 0 Å². The molecule has 3 rings (SSSR count). The van der Waals surface area contributed by atoms with Crippen molar-refractivity contribution >= 4 is 34.5 Å². The van der Waals surface area contributed by atoms with E-state index < -0.39 is 11.8 Å². The van der Waals surface area contributed by atoms with E-state index in [1.54, 1.807) is 42.5 Å². The number of primary amides is 1. The summed E-state index contributed by atoms with van der Waals surface area (Å²) in [5.41, 5.74) is 6.70. The molecular weight excluding hydrogens is 376 g/mol. The van der Waals surface area contributed by atoms with E-state index in [4.69, 9.17) is 24.4 Å². The first-order valence-electron chi connectivity index (χ1n) is 8.59. The van der Waals surface area contributed by atoms with E-state index in [0.717, 1.165) is 0 Å². The predicted molar refractivity (Wildman–Crippen MR) is 108 cm³/mol. The van der Waals surface area contributed by atoms with Gasteiger partial charge < -0.3 is 29.7 Å². The van der Waals surface area contributed by atoms with Gasteiger partial charge in [0, 0.05) is 11.5 Å². The lowest BCUT2D eigenvalue weighted by molar-refractivity contribution is -0.111. The number of carbonyl (C=O) groups is 2. The number of furan rings is 1. The van der Waals surface area contributed by atoms with E-state index in [1.807, 2.05) is 0 Å². The van der Waals surface area contributed by atoms with Crippen molar-refractivity contribution in [3.8, 4) is 17.2 Å². The fourth-order valence-electron chi connectivity index (χ4n) is 2.88. The third-order valence-electron chi connectivity index (χ3n) is 4.18. The first kappa shape index (κ1) is 19.8. The number of para-hydroxylation sites is 1. The topological polar surface area (TPSA) is 113 Å². The van der Waals surface area contributed by atoms with Crippen molar-refractivity contribution in [3.05, 3.63) is 53.8 Å². The van der Waals surface area contributed by atoms with Crippen molar-refractivity contribution in [3.63, 3.8) is 0 Å². The molecule has 8 nitrogen and oxygen atoms in total. The van der Waals surface area contributed by atoms with Crippen LogP contribution in [0.5, 0.6) is 17.2 Å². The Hall–Kier alpha value is -3.94. The number of carbonyl (C=O) groups excluding carboxylic acids is 2. The molecule has 0 saturated carbocycles. The predicted octanol–water partition coefficient (Wildman–Crippen LogP) is 3.21. The second-order valence-electron chi connectivity index (χ2n) is 5.95. The summed E-state index contributed by atoms with van der Waals surface area (Å²) < 4.78 is 21.3. The van der Waals surface area contributed by atoms with Crippen LogP contribution < -0.4 is 25.3 Å². The molecule has 0 aliphatic carbocycles. The van der Waals surface area contributed by atoms with Crippen LogP contribution in [0, 0.1) is 0 Å². The lowest BCUT2D eigenvalue weighted by Crippen LogP contribution is -2.15. The zero-order valence-corrected chi connectivity index (χ0v) is 16.1. The first-order chi connectivity index (χ1) is 14.0. The van der Waals surface area contributed by atoms with Crippen LogP contribution in [0.1, 0.15) is 16.1 Å². The second-order valence-corrected chi connectivity index (χ2v) is 5.95. The highest BCUT2D eigenvalue weighted by Gasteiger charge is 2.19. The van der Waals surface area contributed by atoms with Crippen molar-refractivity contribution in [2.24, 2.45) is 5.73 Å². The van der Waals surface area contributed by atoms with Crippen molar-refractivity contribution in [2.45, 2.75) is 0 Å². The molecule has 0 atom stereocenters. The maximum atomic E-state index is 12.5. The zero-order chi connectivity index (χ0) is 21.0. The number of hydrogen-bond donors (Lipinski definition) is 2. The molecule has 2 aromatic carbocycles. The number of nitrogens with one attached hydrogen (secondary N) is 1. The van der Waals surface area contributed by atoms with E-state index in [2.05, 4.69) is 5.32 Å². The van der Waals surface area contributed by atoms with Gasteiger partial charge in [0.15, 0.2) is 11.5 Å². The average Bonchev–Trinajstić information content (AvgIpc) is 3.10. The second kappa shape index (κ2) is 8.39. The summed E-state index contributed by atoms with van der Waals surface area (Å²) in [4.78, 5) is 24.1. The van der Waals surface area contributed by atoms with Crippen LogP contribution in [0.4, 0.5) is 5.69 Å². The number of anilines is 1. The highest BCUT2D eigenvalue weighted by atomic mass is 16.5. The van der Waals surface area contributed by atoms with E-state index in [0.29, 0.717) is 33.8 Å². The Morgan fingerprint density at radius 2 is 1.69 bits per heavy atom. The van der Waals surface area contributed by atoms with E-state index in [1.165, 1.54) is 27.4 Å². The smallest absolute Gasteiger partial charge is 0.286 e. The summed E-state index contributed by atoms with van der Waals surface area (Å²) in [5.74, 6) is 0.0266. The molecule has 0 bridgehead atoms. The molecule has 0 spiro atoms. The van der Waals surface area contributed by atoms with Gasteiger partial charge in [-0.05, 0) is 35.9 Å². The van der Waals surface area contributed by atoms with Gasteiger partial charge in [-0.2, -0.15) is 0 Å². The highest BCUT2D eigenvalue weighted by Crippen LogP contribution is 2.38. The van der Waals surface area contributed by atoms with Crippen LogP contribution in [-0.2, 0) is 4.79 Å². The summed E-state index contributed by atoms with van der Waals surface area (Å²) in [6.45, 7) is 0. The number of rotatable bonds is 7. The molecule has 0 fully saturated rings. The van der Waals surface area contributed by atoms with Crippen LogP contribution in [0.3, 0.4) is 0 Å². The third-order valence-corrected chi connectivity index (χ3v) is 4.18. The molecule has 0 saturated heterocycles. The van der Waals surface area contributed by atoms with Crippen LogP contribution in [0.15, 0.2) is 46.9 Å². The maximum Gasteiger partial charge on any atom is 0.286 e. The quantitative estimate of drug-likeness (QED) is 0.593. The fourth-order valence-corrected chi connectivity index (χ4v) is 2.88. The largest absolute Gasteiger partial charge is 0.493 e. The molecular formula is C21H20N2O6. The molecule has 1 heterocycles. The Morgan fingerprint density at radius 3 is 2.28 bits per heavy atom. The minimum Gasteiger partial charge on any atom is -0.493 e.